The Balaban J connectivity index is 1.94. The number of fused-ring (bicyclic) bond motifs is 1. The van der Waals surface area contributed by atoms with Gasteiger partial charge in [0.25, 0.3) is 0 Å². The topological polar surface area (TPSA) is 115 Å². The first kappa shape index (κ1) is 20.4. The molecule has 2 aromatic heterocycles. The lowest BCUT2D eigenvalue weighted by atomic mass is 9.95. The molecular weight excluding hydrogens is 408 g/mol. The summed E-state index contributed by atoms with van der Waals surface area (Å²) in [5, 5.41) is 10.3. The maximum atomic E-state index is 13.2. The van der Waals surface area contributed by atoms with Crippen LogP contribution in [0, 0.1) is 11.3 Å². The average molecular weight is 429 g/mol. The van der Waals surface area contributed by atoms with Crippen LogP contribution in [-0.2, 0) is 6.42 Å². The predicted molar refractivity (Wildman–Crippen MR) is 124 cm³/mol. The van der Waals surface area contributed by atoms with Gasteiger partial charge in [-0.3, -0.25) is 4.79 Å². The number of hydrogen-bond acceptors (Lipinski definition) is 7. The Labute approximate surface area is 183 Å². The lowest BCUT2D eigenvalue weighted by Gasteiger charge is -2.10. The number of rotatable bonds is 5. The molecule has 31 heavy (non-hydrogen) atoms. The van der Waals surface area contributed by atoms with Gasteiger partial charge in [-0.2, -0.15) is 5.26 Å². The second-order valence-electron chi connectivity index (χ2n) is 6.99. The first-order valence-electron chi connectivity index (χ1n) is 9.68. The van der Waals surface area contributed by atoms with Crippen molar-refractivity contribution in [3.63, 3.8) is 0 Å². The third kappa shape index (κ3) is 3.47. The van der Waals surface area contributed by atoms with Crippen molar-refractivity contribution in [1.82, 2.24) is 4.98 Å². The van der Waals surface area contributed by atoms with E-state index in [1.54, 1.807) is 31.4 Å². The number of carbonyl (C=O) groups is 1. The van der Waals surface area contributed by atoms with Gasteiger partial charge >= 0.3 is 0 Å². The molecule has 7 heteroatoms. The maximum Gasteiger partial charge on any atom is 0.205 e. The van der Waals surface area contributed by atoms with Gasteiger partial charge in [0, 0.05) is 16.5 Å². The van der Waals surface area contributed by atoms with Gasteiger partial charge in [-0.1, -0.05) is 31.2 Å². The number of anilines is 2. The van der Waals surface area contributed by atoms with E-state index in [1.165, 1.54) is 16.9 Å². The van der Waals surface area contributed by atoms with Gasteiger partial charge in [0.1, 0.15) is 32.9 Å². The second-order valence-corrected chi connectivity index (χ2v) is 7.99. The molecule has 0 atom stereocenters. The normalized spacial score (nSPS) is 10.7. The fourth-order valence-corrected chi connectivity index (χ4v) is 4.60. The molecule has 0 fully saturated rings. The van der Waals surface area contributed by atoms with Crippen LogP contribution in [0.5, 0.6) is 5.75 Å². The van der Waals surface area contributed by atoms with Crippen molar-refractivity contribution < 1.29 is 9.53 Å². The summed E-state index contributed by atoms with van der Waals surface area (Å²) in [5.74, 6) is 0.563. The number of nitrogen functional groups attached to an aromatic ring is 2. The number of thiophene rings is 1. The number of benzene rings is 2. The second kappa shape index (κ2) is 8.09. The van der Waals surface area contributed by atoms with Gasteiger partial charge in [-0.25, -0.2) is 4.98 Å². The molecule has 0 amide bonds. The van der Waals surface area contributed by atoms with Gasteiger partial charge in [0.05, 0.1) is 12.8 Å². The molecule has 2 heterocycles. The van der Waals surface area contributed by atoms with Crippen LogP contribution in [0.15, 0.2) is 48.5 Å². The standard InChI is InChI=1S/C24H20N4O2S/c1-3-13-4-6-14(7-5-13)18-17(12-25)23(27)28-24-19(18)20(26)22(31-24)21(29)15-8-10-16(30-2)11-9-15/h4-11H,3,26H2,1-2H3,(H2,27,28). The monoisotopic (exact) mass is 428 g/mol. The molecule has 0 unspecified atom stereocenters. The third-order valence-corrected chi connectivity index (χ3v) is 6.32. The minimum Gasteiger partial charge on any atom is -0.497 e. The number of aromatic nitrogens is 1. The van der Waals surface area contributed by atoms with Crippen molar-refractivity contribution in [1.29, 1.82) is 5.26 Å². The Hall–Kier alpha value is -3.89. The molecule has 154 valence electrons. The Morgan fingerprint density at radius 3 is 2.39 bits per heavy atom. The zero-order valence-electron chi connectivity index (χ0n) is 17.1. The summed E-state index contributed by atoms with van der Waals surface area (Å²) in [5.41, 5.74) is 16.2. The van der Waals surface area contributed by atoms with E-state index in [0.29, 0.717) is 37.7 Å². The van der Waals surface area contributed by atoms with E-state index in [2.05, 4.69) is 18.0 Å². The highest BCUT2D eigenvalue weighted by Crippen LogP contribution is 2.43. The lowest BCUT2D eigenvalue weighted by molar-refractivity contribution is 0.104. The van der Waals surface area contributed by atoms with Gasteiger partial charge in [0.15, 0.2) is 0 Å². The van der Waals surface area contributed by atoms with E-state index >= 15 is 0 Å². The van der Waals surface area contributed by atoms with Crippen molar-refractivity contribution in [3.8, 4) is 22.9 Å². The number of carbonyl (C=O) groups excluding carboxylic acids is 1. The summed E-state index contributed by atoms with van der Waals surface area (Å²) in [6, 6.07) is 16.9. The van der Waals surface area contributed by atoms with E-state index < -0.39 is 0 Å². The molecule has 4 rings (SSSR count). The van der Waals surface area contributed by atoms with Crippen LogP contribution in [-0.4, -0.2) is 17.9 Å². The van der Waals surface area contributed by atoms with Crippen molar-refractivity contribution in [2.45, 2.75) is 13.3 Å². The lowest BCUT2D eigenvalue weighted by Crippen LogP contribution is -2.03. The van der Waals surface area contributed by atoms with E-state index in [-0.39, 0.29) is 17.2 Å². The molecule has 0 aliphatic carbocycles. The number of aryl methyl sites for hydroxylation is 1. The van der Waals surface area contributed by atoms with Gasteiger partial charge in [-0.05, 0) is 41.8 Å². The summed E-state index contributed by atoms with van der Waals surface area (Å²) in [6.45, 7) is 2.08. The molecule has 0 radical (unpaired) electrons. The van der Waals surface area contributed by atoms with Crippen molar-refractivity contribution in [3.05, 3.63) is 70.1 Å². The van der Waals surface area contributed by atoms with E-state index in [0.717, 1.165) is 12.0 Å². The molecule has 0 spiro atoms. The fraction of sp³-hybridized carbons (Fsp3) is 0.125. The van der Waals surface area contributed by atoms with Gasteiger partial charge in [0.2, 0.25) is 5.78 Å². The average Bonchev–Trinajstić information content (AvgIpc) is 3.13. The number of nitriles is 1. The first-order valence-corrected chi connectivity index (χ1v) is 10.5. The molecule has 0 bridgehead atoms. The fourth-order valence-electron chi connectivity index (χ4n) is 3.52. The molecule has 0 saturated heterocycles. The summed E-state index contributed by atoms with van der Waals surface area (Å²) >= 11 is 1.18. The molecule has 4 N–H and O–H groups in total. The molecule has 0 saturated carbocycles. The number of ketones is 1. The highest BCUT2D eigenvalue weighted by atomic mass is 32.1. The Morgan fingerprint density at radius 2 is 1.81 bits per heavy atom. The Kier molecular flexibility index (Phi) is 5.32. The minimum atomic E-state index is -0.215. The van der Waals surface area contributed by atoms with Gasteiger partial charge < -0.3 is 16.2 Å². The third-order valence-electron chi connectivity index (χ3n) is 5.23. The van der Waals surface area contributed by atoms with Crippen LogP contribution in [0.25, 0.3) is 21.3 Å². The van der Waals surface area contributed by atoms with E-state index in [9.17, 15) is 10.1 Å². The zero-order valence-corrected chi connectivity index (χ0v) is 17.9. The Morgan fingerprint density at radius 1 is 1.13 bits per heavy atom. The molecular formula is C24H20N4O2S. The number of pyridine rings is 1. The predicted octanol–water partition coefficient (Wildman–Crippen LogP) is 4.80. The van der Waals surface area contributed by atoms with Crippen LogP contribution in [0.4, 0.5) is 11.5 Å². The number of nitrogens with zero attached hydrogens (tertiary/aromatic N) is 2. The van der Waals surface area contributed by atoms with Crippen LogP contribution >= 0.6 is 11.3 Å². The van der Waals surface area contributed by atoms with Crippen LogP contribution in [0.1, 0.15) is 33.3 Å². The zero-order chi connectivity index (χ0) is 22.1. The quantitative estimate of drug-likeness (QED) is 0.441. The summed E-state index contributed by atoms with van der Waals surface area (Å²) < 4.78 is 5.16. The summed E-state index contributed by atoms with van der Waals surface area (Å²) in [4.78, 5) is 18.4. The van der Waals surface area contributed by atoms with Gasteiger partial charge in [-0.15, -0.1) is 11.3 Å². The van der Waals surface area contributed by atoms with Crippen molar-refractivity contribution >= 4 is 38.8 Å². The number of methoxy groups -OCH3 is 1. The number of ether oxygens (including phenoxy) is 1. The summed E-state index contributed by atoms with van der Waals surface area (Å²) in [6.07, 6.45) is 0.903. The van der Waals surface area contributed by atoms with Crippen LogP contribution in [0.3, 0.4) is 0 Å². The summed E-state index contributed by atoms with van der Waals surface area (Å²) in [7, 11) is 1.57. The maximum absolute atomic E-state index is 13.2. The van der Waals surface area contributed by atoms with Crippen LogP contribution < -0.4 is 16.2 Å². The smallest absolute Gasteiger partial charge is 0.205 e. The molecule has 4 aromatic rings. The van der Waals surface area contributed by atoms with Crippen LogP contribution in [0.2, 0.25) is 0 Å². The molecule has 2 aromatic carbocycles. The van der Waals surface area contributed by atoms with E-state index in [1.807, 2.05) is 24.3 Å². The molecule has 0 aliphatic heterocycles. The first-order chi connectivity index (χ1) is 15.0. The van der Waals surface area contributed by atoms with E-state index in [4.69, 9.17) is 16.2 Å². The van der Waals surface area contributed by atoms with Crippen molar-refractivity contribution in [2.75, 3.05) is 18.6 Å². The Bertz CT molecular complexity index is 1330. The number of hydrogen-bond donors (Lipinski definition) is 2. The minimum absolute atomic E-state index is 0.120. The highest BCUT2D eigenvalue weighted by molar-refractivity contribution is 7.21. The SMILES string of the molecule is CCc1ccc(-c2c(C#N)c(N)nc3sc(C(=O)c4ccc(OC)cc4)c(N)c23)cc1. The highest BCUT2D eigenvalue weighted by Gasteiger charge is 2.24. The van der Waals surface area contributed by atoms with Crippen molar-refractivity contribution in [2.24, 2.45) is 0 Å². The number of nitrogens with two attached hydrogens (primary N) is 2. The molecule has 0 aliphatic rings. The largest absolute Gasteiger partial charge is 0.497 e. The molecule has 6 nitrogen and oxygen atoms in total.